The number of carbonyl (C=O) groups is 4. The summed E-state index contributed by atoms with van der Waals surface area (Å²) in [6.07, 6.45) is 0. The Morgan fingerprint density at radius 2 is 1.56 bits per heavy atom. The molecule has 1 aromatic carbocycles. The second-order valence-electron chi connectivity index (χ2n) is 6.62. The molecule has 0 radical (unpaired) electrons. The van der Waals surface area contributed by atoms with Crippen LogP contribution < -0.4 is 15.4 Å². The normalized spacial score (nSPS) is 13.8. The van der Waals surface area contributed by atoms with E-state index in [1.54, 1.807) is 26.0 Å². The van der Waals surface area contributed by atoms with Gasteiger partial charge in [0.15, 0.2) is 6.61 Å². The van der Waals surface area contributed by atoms with Gasteiger partial charge in [-0.3, -0.25) is 9.59 Å². The van der Waals surface area contributed by atoms with E-state index in [2.05, 4.69) is 10.6 Å². The van der Waals surface area contributed by atoms with E-state index in [9.17, 15) is 19.2 Å². The highest BCUT2D eigenvalue weighted by molar-refractivity contribution is 6.31. The van der Waals surface area contributed by atoms with Crippen molar-refractivity contribution in [2.45, 2.75) is 13.8 Å². The van der Waals surface area contributed by atoms with Crippen LogP contribution in [0.3, 0.4) is 0 Å². The highest BCUT2D eigenvalue weighted by Gasteiger charge is 2.42. The van der Waals surface area contributed by atoms with E-state index in [0.29, 0.717) is 22.2 Å². The highest BCUT2D eigenvalue weighted by Crippen LogP contribution is 2.32. The number of halogens is 1. The molecule has 2 rings (SSSR count). The molecule has 11 heteroatoms. The molecule has 0 saturated heterocycles. The third kappa shape index (κ3) is 5.38. The second-order valence-corrected chi connectivity index (χ2v) is 7.06. The Kier molecular flexibility index (Phi) is 8.25. The lowest BCUT2D eigenvalue weighted by atomic mass is 9.85. The van der Waals surface area contributed by atoms with E-state index in [4.69, 9.17) is 30.5 Å². The van der Waals surface area contributed by atoms with Crippen molar-refractivity contribution in [1.29, 1.82) is 0 Å². The van der Waals surface area contributed by atoms with Gasteiger partial charge in [0.25, 0.3) is 5.91 Å². The Morgan fingerprint density at radius 3 is 2.06 bits per heavy atom. The van der Waals surface area contributed by atoms with Crippen LogP contribution in [0.2, 0.25) is 5.02 Å². The Morgan fingerprint density at radius 1 is 1.00 bits per heavy atom. The summed E-state index contributed by atoms with van der Waals surface area (Å²) in [7, 11) is 3.70. The van der Waals surface area contributed by atoms with Crippen LogP contribution in [0.4, 0.5) is 5.69 Å². The molecule has 0 aliphatic carbocycles. The topological polar surface area (TPSA) is 129 Å². The van der Waals surface area contributed by atoms with Crippen molar-refractivity contribution in [3.8, 4) is 5.75 Å². The number of esters is 3. The number of allylic oxidation sites excluding steroid dienone is 2. The average molecular weight is 467 g/mol. The Hall–Kier alpha value is -3.53. The van der Waals surface area contributed by atoms with Gasteiger partial charge in [0, 0.05) is 16.4 Å². The lowest BCUT2D eigenvalue weighted by Gasteiger charge is -2.28. The van der Waals surface area contributed by atoms with Crippen LogP contribution in [-0.2, 0) is 33.4 Å². The molecular weight excluding hydrogens is 444 g/mol. The van der Waals surface area contributed by atoms with Crippen LogP contribution in [0.25, 0.3) is 0 Å². The number of ether oxygens (including phenoxy) is 4. The number of nitrogens with one attached hydrogen (secondary N) is 2. The van der Waals surface area contributed by atoms with Crippen molar-refractivity contribution in [3.05, 3.63) is 45.8 Å². The van der Waals surface area contributed by atoms with Crippen molar-refractivity contribution in [1.82, 2.24) is 5.32 Å². The van der Waals surface area contributed by atoms with Crippen molar-refractivity contribution in [3.63, 3.8) is 0 Å². The molecule has 172 valence electrons. The number of methoxy groups -OCH3 is 3. The maximum Gasteiger partial charge on any atom is 0.336 e. The third-order valence-electron chi connectivity index (χ3n) is 4.59. The molecule has 1 aromatic rings. The predicted molar refractivity (Wildman–Crippen MR) is 114 cm³/mol. The summed E-state index contributed by atoms with van der Waals surface area (Å²) >= 11 is 5.94. The van der Waals surface area contributed by atoms with Crippen molar-refractivity contribution >= 4 is 41.1 Å². The van der Waals surface area contributed by atoms with E-state index in [-0.39, 0.29) is 16.8 Å². The molecule has 0 fully saturated rings. The standard InChI is InChI=1S/C21H23ClN2O8/c1-10-16(19(26)30-4)18(17(11(2)23-10)20(27)31-5)21(28)32-9-15(25)24-13-8-12(22)6-7-14(13)29-3/h6-8,18,23H,9H2,1-5H3,(H,24,25). The minimum atomic E-state index is -1.44. The first-order chi connectivity index (χ1) is 15.1. The predicted octanol–water partition coefficient (Wildman–Crippen LogP) is 1.94. The van der Waals surface area contributed by atoms with E-state index in [1.807, 2.05) is 0 Å². The van der Waals surface area contributed by atoms with Gasteiger partial charge < -0.3 is 29.6 Å². The quantitative estimate of drug-likeness (QED) is 0.457. The molecule has 0 aromatic heterocycles. The summed E-state index contributed by atoms with van der Waals surface area (Å²) in [5.74, 6) is -4.44. The summed E-state index contributed by atoms with van der Waals surface area (Å²) in [5, 5.41) is 5.74. The molecule has 0 unspecified atom stereocenters. The maximum atomic E-state index is 12.9. The monoisotopic (exact) mass is 466 g/mol. The van der Waals surface area contributed by atoms with Crippen LogP contribution >= 0.6 is 11.6 Å². The second kappa shape index (κ2) is 10.7. The van der Waals surface area contributed by atoms with Gasteiger partial charge in [-0.2, -0.15) is 0 Å². The van der Waals surface area contributed by atoms with E-state index in [1.165, 1.54) is 13.2 Å². The molecule has 1 aliphatic heterocycles. The third-order valence-corrected chi connectivity index (χ3v) is 4.82. The van der Waals surface area contributed by atoms with Gasteiger partial charge in [-0.15, -0.1) is 0 Å². The van der Waals surface area contributed by atoms with Crippen LogP contribution in [-0.4, -0.2) is 51.8 Å². The van der Waals surface area contributed by atoms with Crippen LogP contribution in [0.5, 0.6) is 5.75 Å². The molecule has 1 aliphatic rings. The molecule has 1 heterocycles. The van der Waals surface area contributed by atoms with Crippen molar-refractivity contribution in [2.75, 3.05) is 33.3 Å². The van der Waals surface area contributed by atoms with Gasteiger partial charge in [0.1, 0.15) is 11.7 Å². The lowest BCUT2D eigenvalue weighted by Crippen LogP contribution is -2.38. The first kappa shape index (κ1) is 24.7. The van der Waals surface area contributed by atoms with E-state index >= 15 is 0 Å². The van der Waals surface area contributed by atoms with E-state index in [0.717, 1.165) is 14.2 Å². The van der Waals surface area contributed by atoms with Gasteiger partial charge in [0.2, 0.25) is 0 Å². The summed E-state index contributed by atoms with van der Waals surface area (Å²) in [4.78, 5) is 49.9. The summed E-state index contributed by atoms with van der Waals surface area (Å²) in [5.41, 5.74) is 0.634. The van der Waals surface area contributed by atoms with Crippen molar-refractivity contribution in [2.24, 2.45) is 5.92 Å². The van der Waals surface area contributed by atoms with Crippen molar-refractivity contribution < 1.29 is 38.1 Å². The molecule has 0 bridgehead atoms. The van der Waals surface area contributed by atoms with Crippen LogP contribution in [0.15, 0.2) is 40.7 Å². The summed E-state index contributed by atoms with van der Waals surface area (Å²) < 4.78 is 19.8. The van der Waals surface area contributed by atoms with Gasteiger partial charge in [-0.25, -0.2) is 9.59 Å². The molecule has 1 amide bonds. The van der Waals surface area contributed by atoms with Gasteiger partial charge in [-0.05, 0) is 32.0 Å². The number of anilines is 1. The molecule has 32 heavy (non-hydrogen) atoms. The maximum absolute atomic E-state index is 12.9. The number of amides is 1. The Balaban J connectivity index is 2.25. The molecule has 0 spiro atoms. The van der Waals surface area contributed by atoms with E-state index < -0.39 is 36.3 Å². The van der Waals surface area contributed by atoms with Gasteiger partial charge >= 0.3 is 17.9 Å². The molecule has 0 atom stereocenters. The zero-order valence-corrected chi connectivity index (χ0v) is 18.9. The number of carbonyl (C=O) groups excluding carboxylic acids is 4. The average Bonchev–Trinajstić information content (AvgIpc) is 2.76. The number of hydrogen-bond acceptors (Lipinski definition) is 9. The number of dihydropyridines is 1. The fourth-order valence-electron chi connectivity index (χ4n) is 3.17. The minimum Gasteiger partial charge on any atom is -0.495 e. The number of hydrogen-bond donors (Lipinski definition) is 2. The summed E-state index contributed by atoms with van der Waals surface area (Å²) in [6.45, 7) is 2.39. The zero-order chi connectivity index (χ0) is 24.0. The first-order valence-electron chi connectivity index (χ1n) is 9.29. The summed E-state index contributed by atoms with van der Waals surface area (Å²) in [6, 6.07) is 4.61. The minimum absolute atomic E-state index is 0.125. The molecule has 10 nitrogen and oxygen atoms in total. The number of rotatable bonds is 7. The van der Waals surface area contributed by atoms with Gasteiger partial charge in [-0.1, -0.05) is 11.6 Å². The largest absolute Gasteiger partial charge is 0.495 e. The number of benzene rings is 1. The Bertz CT molecular complexity index is 977. The zero-order valence-electron chi connectivity index (χ0n) is 18.2. The highest BCUT2D eigenvalue weighted by atomic mass is 35.5. The fraction of sp³-hybridized carbons (Fsp3) is 0.333. The van der Waals surface area contributed by atoms with Crippen LogP contribution in [0.1, 0.15) is 13.8 Å². The molecule has 2 N–H and O–H groups in total. The first-order valence-corrected chi connectivity index (χ1v) is 9.67. The van der Waals surface area contributed by atoms with Crippen LogP contribution in [0, 0.1) is 5.92 Å². The molecular formula is C21H23ClN2O8. The van der Waals surface area contributed by atoms with Gasteiger partial charge in [0.05, 0.1) is 38.2 Å². The molecule has 0 saturated carbocycles. The lowest BCUT2D eigenvalue weighted by molar-refractivity contribution is -0.152. The Labute approximate surface area is 189 Å². The smallest absolute Gasteiger partial charge is 0.336 e. The SMILES string of the molecule is COC(=O)C1=C(C)NC(C)=C(C(=O)OC)C1C(=O)OCC(=O)Nc1cc(Cl)ccc1OC. The fourth-order valence-corrected chi connectivity index (χ4v) is 3.35.